The van der Waals surface area contributed by atoms with E-state index in [-0.39, 0.29) is 19.7 Å². The summed E-state index contributed by atoms with van der Waals surface area (Å²) in [6.07, 6.45) is 1.47. The van der Waals surface area contributed by atoms with E-state index < -0.39 is 23.6 Å². The third-order valence-electron chi connectivity index (χ3n) is 6.44. The molecule has 0 aliphatic carbocycles. The number of carbonyl (C=O) groups is 2. The minimum atomic E-state index is -4.46. The molecule has 1 amide bonds. The molecule has 8 heteroatoms. The number of halogens is 3. The molecule has 0 aromatic heterocycles. The van der Waals surface area contributed by atoms with Crippen LogP contribution in [-0.2, 0) is 33.6 Å². The van der Waals surface area contributed by atoms with Gasteiger partial charge >= 0.3 is 18.1 Å². The van der Waals surface area contributed by atoms with E-state index in [0.717, 1.165) is 41.0 Å². The molecule has 0 fully saturated rings. The van der Waals surface area contributed by atoms with E-state index in [2.05, 4.69) is 18.8 Å². The van der Waals surface area contributed by atoms with Crippen LogP contribution in [0.2, 0.25) is 0 Å². The summed E-state index contributed by atoms with van der Waals surface area (Å²) in [5, 5.41) is 0. The van der Waals surface area contributed by atoms with Crippen LogP contribution in [-0.4, -0.2) is 30.0 Å². The molecule has 42 heavy (non-hydrogen) atoms. The SMILES string of the molecule is CCCCCCCOc1ccc(C#Cc2ccc(CN(Cc3ccc(C(F)(F)F)cc3)C(=O)C(=O)OCC)cc2)cc1. The summed E-state index contributed by atoms with van der Waals surface area (Å²) < 4.78 is 49.4. The lowest BCUT2D eigenvalue weighted by Gasteiger charge is -2.22. The van der Waals surface area contributed by atoms with Crippen molar-refractivity contribution in [1.82, 2.24) is 4.90 Å². The van der Waals surface area contributed by atoms with Crippen molar-refractivity contribution in [3.63, 3.8) is 0 Å². The Morgan fingerprint density at radius 2 is 1.26 bits per heavy atom. The van der Waals surface area contributed by atoms with Crippen LogP contribution in [0.3, 0.4) is 0 Å². The highest BCUT2D eigenvalue weighted by atomic mass is 19.4. The molecule has 3 rings (SSSR count). The molecular formula is C34H36F3NO4. The normalized spacial score (nSPS) is 10.9. The summed E-state index contributed by atoms with van der Waals surface area (Å²) in [6, 6.07) is 19.3. The Morgan fingerprint density at radius 1 is 0.738 bits per heavy atom. The summed E-state index contributed by atoms with van der Waals surface area (Å²) in [7, 11) is 0. The van der Waals surface area contributed by atoms with Crippen molar-refractivity contribution in [3.05, 3.63) is 101 Å². The second-order valence-electron chi connectivity index (χ2n) is 9.81. The second-order valence-corrected chi connectivity index (χ2v) is 9.81. The molecule has 3 aromatic rings. The number of rotatable bonds is 12. The maximum absolute atomic E-state index is 12.9. The van der Waals surface area contributed by atoms with Crippen LogP contribution in [0.5, 0.6) is 5.75 Å². The summed E-state index contributed by atoms with van der Waals surface area (Å²) in [4.78, 5) is 26.2. The van der Waals surface area contributed by atoms with Gasteiger partial charge in [0.15, 0.2) is 0 Å². The molecule has 0 unspecified atom stereocenters. The predicted molar refractivity (Wildman–Crippen MR) is 155 cm³/mol. The van der Waals surface area contributed by atoms with Crippen molar-refractivity contribution >= 4 is 11.9 Å². The predicted octanol–water partition coefficient (Wildman–Crippen LogP) is 7.55. The van der Waals surface area contributed by atoms with E-state index in [1.807, 2.05) is 36.4 Å². The Kier molecular flexibility index (Phi) is 12.5. The monoisotopic (exact) mass is 579 g/mol. The number of ether oxygens (including phenoxy) is 2. The van der Waals surface area contributed by atoms with Gasteiger partial charge in [-0.3, -0.25) is 4.79 Å². The van der Waals surface area contributed by atoms with E-state index in [1.54, 1.807) is 19.1 Å². The van der Waals surface area contributed by atoms with Gasteiger partial charge in [0.1, 0.15) is 5.75 Å². The van der Waals surface area contributed by atoms with Gasteiger partial charge in [0, 0.05) is 24.2 Å². The smallest absolute Gasteiger partial charge is 0.416 e. The molecule has 3 aromatic carbocycles. The minimum Gasteiger partial charge on any atom is -0.494 e. The van der Waals surface area contributed by atoms with Gasteiger partial charge in [-0.25, -0.2) is 4.79 Å². The topological polar surface area (TPSA) is 55.8 Å². The number of esters is 1. The third-order valence-corrected chi connectivity index (χ3v) is 6.44. The largest absolute Gasteiger partial charge is 0.494 e. The van der Waals surface area contributed by atoms with Crippen LogP contribution in [0, 0.1) is 11.8 Å². The summed E-state index contributed by atoms with van der Waals surface area (Å²) in [5.41, 5.74) is 1.99. The molecule has 0 atom stereocenters. The number of unbranched alkanes of at least 4 members (excludes halogenated alkanes) is 4. The Labute approximate surface area is 245 Å². The number of benzene rings is 3. The lowest BCUT2D eigenvalue weighted by atomic mass is 10.1. The summed E-state index contributed by atoms with van der Waals surface area (Å²) in [6.45, 7) is 4.52. The molecule has 0 aliphatic heterocycles. The molecule has 0 aliphatic rings. The fraction of sp³-hybridized carbons (Fsp3) is 0.353. The Hall–Kier alpha value is -4.25. The van der Waals surface area contributed by atoms with Crippen molar-refractivity contribution in [3.8, 4) is 17.6 Å². The Bertz CT molecular complexity index is 1340. The molecule has 0 saturated heterocycles. The first-order valence-electron chi connectivity index (χ1n) is 14.2. The molecule has 0 N–H and O–H groups in total. The standard InChI is InChI=1S/C34H36F3NO4/c1-3-5-6-7-8-23-42-31-21-17-27(18-22-31)10-9-26-11-13-28(14-12-26)24-38(32(39)33(40)41-4-2)25-29-15-19-30(20-16-29)34(35,36)37/h11-22H,3-8,23-25H2,1-2H3. The fourth-order valence-electron chi connectivity index (χ4n) is 4.13. The molecule has 0 spiro atoms. The van der Waals surface area contributed by atoms with Gasteiger partial charge in [-0.1, -0.05) is 68.7 Å². The van der Waals surface area contributed by atoms with Gasteiger partial charge in [-0.15, -0.1) is 0 Å². The van der Waals surface area contributed by atoms with Crippen LogP contribution in [0.1, 0.15) is 73.8 Å². The quantitative estimate of drug-likeness (QED) is 0.0963. The van der Waals surface area contributed by atoms with Gasteiger partial charge < -0.3 is 14.4 Å². The van der Waals surface area contributed by atoms with E-state index in [0.29, 0.717) is 12.2 Å². The first-order chi connectivity index (χ1) is 20.2. The van der Waals surface area contributed by atoms with E-state index in [4.69, 9.17) is 9.47 Å². The van der Waals surface area contributed by atoms with Gasteiger partial charge in [0.25, 0.3) is 0 Å². The van der Waals surface area contributed by atoms with Crippen LogP contribution < -0.4 is 4.74 Å². The molecule has 0 bridgehead atoms. The van der Waals surface area contributed by atoms with Crippen molar-refractivity contribution in [2.45, 2.75) is 65.2 Å². The Morgan fingerprint density at radius 3 is 1.79 bits per heavy atom. The number of hydrogen-bond acceptors (Lipinski definition) is 4. The van der Waals surface area contributed by atoms with E-state index >= 15 is 0 Å². The number of alkyl halides is 3. The van der Waals surface area contributed by atoms with Crippen molar-refractivity contribution in [1.29, 1.82) is 0 Å². The molecule has 222 valence electrons. The van der Waals surface area contributed by atoms with E-state index in [9.17, 15) is 22.8 Å². The van der Waals surface area contributed by atoms with Gasteiger partial charge in [-0.2, -0.15) is 13.2 Å². The highest BCUT2D eigenvalue weighted by Crippen LogP contribution is 2.29. The molecule has 0 saturated carbocycles. The first-order valence-corrected chi connectivity index (χ1v) is 14.2. The number of hydrogen-bond donors (Lipinski definition) is 0. The van der Waals surface area contributed by atoms with Crippen molar-refractivity contribution in [2.75, 3.05) is 13.2 Å². The number of amides is 1. The third kappa shape index (κ3) is 10.6. The maximum Gasteiger partial charge on any atom is 0.416 e. The van der Waals surface area contributed by atoms with Crippen molar-refractivity contribution < 1.29 is 32.2 Å². The van der Waals surface area contributed by atoms with Gasteiger partial charge in [-0.05, 0) is 73.0 Å². The zero-order valence-corrected chi connectivity index (χ0v) is 24.0. The summed E-state index contributed by atoms with van der Waals surface area (Å²) in [5.74, 6) is 5.16. The van der Waals surface area contributed by atoms with Crippen LogP contribution in [0.15, 0.2) is 72.8 Å². The van der Waals surface area contributed by atoms with Crippen LogP contribution >= 0.6 is 0 Å². The second kappa shape index (κ2) is 16.3. The highest BCUT2D eigenvalue weighted by Gasteiger charge is 2.30. The zero-order chi connectivity index (χ0) is 30.4. The van der Waals surface area contributed by atoms with Gasteiger partial charge in [0.05, 0.1) is 18.8 Å². The van der Waals surface area contributed by atoms with E-state index in [1.165, 1.54) is 42.7 Å². The molecule has 0 heterocycles. The maximum atomic E-state index is 12.9. The minimum absolute atomic E-state index is 0.0287. The average molecular weight is 580 g/mol. The van der Waals surface area contributed by atoms with Crippen LogP contribution in [0.4, 0.5) is 13.2 Å². The highest BCUT2D eigenvalue weighted by molar-refractivity contribution is 6.32. The van der Waals surface area contributed by atoms with Gasteiger partial charge in [0.2, 0.25) is 0 Å². The van der Waals surface area contributed by atoms with Crippen LogP contribution in [0.25, 0.3) is 0 Å². The zero-order valence-electron chi connectivity index (χ0n) is 24.0. The Balaban J connectivity index is 1.62. The number of carbonyl (C=O) groups excluding carboxylic acids is 2. The lowest BCUT2D eigenvalue weighted by molar-refractivity contribution is -0.160. The lowest BCUT2D eigenvalue weighted by Crippen LogP contribution is -2.36. The fourth-order valence-corrected chi connectivity index (χ4v) is 4.13. The molecular weight excluding hydrogens is 543 g/mol. The molecule has 5 nitrogen and oxygen atoms in total. The summed E-state index contributed by atoms with van der Waals surface area (Å²) >= 11 is 0. The number of nitrogens with zero attached hydrogens (tertiary/aromatic N) is 1. The average Bonchev–Trinajstić information content (AvgIpc) is 2.98. The molecule has 0 radical (unpaired) electrons. The van der Waals surface area contributed by atoms with Crippen molar-refractivity contribution in [2.24, 2.45) is 0 Å². The first kappa shape index (κ1) is 32.3.